The van der Waals surface area contributed by atoms with Gasteiger partial charge in [0, 0.05) is 23.7 Å². The van der Waals surface area contributed by atoms with Gasteiger partial charge in [0.15, 0.2) is 23.1 Å². The molecule has 4 heterocycles. The van der Waals surface area contributed by atoms with Gasteiger partial charge in [-0.3, -0.25) is 0 Å². The minimum atomic E-state index is -2.24. The Morgan fingerprint density at radius 2 is 0.661 bits per heavy atom. The number of aliphatic hydroxyl groups is 13. The molecule has 0 amide bonds. The molecule has 330 valence electrons. The third-order valence-corrected chi connectivity index (χ3v) is 13.1. The van der Waals surface area contributed by atoms with Gasteiger partial charge in [0.25, 0.3) is 0 Å². The zero-order chi connectivity index (χ0) is 42.0. The second kappa shape index (κ2) is 19.3. The largest absolute Gasteiger partial charge is 0.394 e. The third-order valence-electron chi connectivity index (χ3n) is 13.1. The summed E-state index contributed by atoms with van der Waals surface area (Å²) < 4.78 is 39.7. The summed E-state index contributed by atoms with van der Waals surface area (Å²) in [6.07, 6.45) is -9.27. The van der Waals surface area contributed by atoms with Crippen molar-refractivity contribution in [3.63, 3.8) is 0 Å². The fourth-order valence-electron chi connectivity index (χ4n) is 8.67. The molecule has 0 aromatic carbocycles. The van der Waals surface area contributed by atoms with Gasteiger partial charge in [0.1, 0.15) is 24.4 Å². The molecule has 56 heavy (non-hydrogen) atoms. The highest BCUT2D eigenvalue weighted by Crippen LogP contribution is 2.42. The highest BCUT2D eigenvalue weighted by atomic mass is 16.7. The van der Waals surface area contributed by atoms with Gasteiger partial charge in [0.05, 0.1) is 97.1 Å². The lowest BCUT2D eigenvalue weighted by molar-refractivity contribution is -0.357. The first-order valence-electron chi connectivity index (χ1n) is 19.3. The van der Waals surface area contributed by atoms with Gasteiger partial charge in [-0.1, -0.05) is 34.6 Å². The summed E-state index contributed by atoms with van der Waals surface area (Å²) in [5.74, 6) is -14.7. The SMILES string of the molecule is C[C@H]1C(O)[C@@H](COC[C@H]2[C@@H](C)C(O)[C@@H](COC[C@H]3[C@@H](C)C(O)[C@@H](COC[C@H]4[C@@H](C)C(O)[C@@H](CO)OC4(O)CO)OC3(O)CO)OC2(O)CO)OC(O)(CO)[C@H]1C. The predicted molar refractivity (Wildman–Crippen MR) is 187 cm³/mol. The van der Waals surface area contributed by atoms with E-state index in [0.29, 0.717) is 0 Å². The van der Waals surface area contributed by atoms with Crippen molar-refractivity contribution >= 4 is 0 Å². The molecule has 4 aliphatic rings. The summed E-state index contributed by atoms with van der Waals surface area (Å²) in [5.41, 5.74) is 0. The van der Waals surface area contributed by atoms with E-state index in [1.54, 1.807) is 34.6 Å². The Balaban J connectivity index is 1.31. The van der Waals surface area contributed by atoms with Crippen molar-refractivity contribution < 1.29 is 99.5 Å². The second-order valence-electron chi connectivity index (χ2n) is 16.4. The maximum atomic E-state index is 11.4. The maximum absolute atomic E-state index is 11.4. The number of rotatable bonds is 17. The molecule has 4 saturated heterocycles. The molecule has 0 saturated carbocycles. The molecule has 0 bridgehead atoms. The van der Waals surface area contributed by atoms with Gasteiger partial charge in [-0.15, -0.1) is 0 Å². The van der Waals surface area contributed by atoms with Gasteiger partial charge in [0.2, 0.25) is 0 Å². The number of hydrogen-bond acceptors (Lipinski definition) is 20. The molecule has 0 radical (unpaired) electrons. The predicted octanol–water partition coefficient (Wildman–Crippen LogP) is -5.18. The van der Waals surface area contributed by atoms with Crippen LogP contribution in [0.1, 0.15) is 34.6 Å². The van der Waals surface area contributed by atoms with Gasteiger partial charge >= 0.3 is 0 Å². The van der Waals surface area contributed by atoms with Gasteiger partial charge in [-0.25, -0.2) is 0 Å². The van der Waals surface area contributed by atoms with Crippen LogP contribution in [0.25, 0.3) is 0 Å². The molecule has 0 aromatic rings. The molecule has 20 heteroatoms. The lowest BCUT2D eigenvalue weighted by Crippen LogP contribution is -2.63. The van der Waals surface area contributed by atoms with Crippen LogP contribution in [0.15, 0.2) is 0 Å². The first-order chi connectivity index (χ1) is 26.2. The molecule has 4 fully saturated rings. The Labute approximate surface area is 326 Å². The summed E-state index contributed by atoms with van der Waals surface area (Å²) >= 11 is 0. The van der Waals surface area contributed by atoms with E-state index in [2.05, 4.69) is 0 Å². The zero-order valence-electron chi connectivity index (χ0n) is 32.7. The minimum absolute atomic E-state index is 0.250. The van der Waals surface area contributed by atoms with Crippen molar-refractivity contribution in [1.29, 1.82) is 0 Å². The maximum Gasteiger partial charge on any atom is 0.195 e. The van der Waals surface area contributed by atoms with Crippen molar-refractivity contribution in [3.8, 4) is 0 Å². The minimum Gasteiger partial charge on any atom is -0.394 e. The van der Waals surface area contributed by atoms with Gasteiger partial charge in [-0.2, -0.15) is 0 Å². The molecule has 8 unspecified atom stereocenters. The van der Waals surface area contributed by atoms with Crippen molar-refractivity contribution in [2.75, 3.05) is 72.7 Å². The topological polar surface area (TPSA) is 328 Å². The summed E-state index contributed by atoms with van der Waals surface area (Å²) in [6, 6.07) is 0. The molecule has 4 rings (SSSR count). The van der Waals surface area contributed by atoms with Crippen LogP contribution in [0.2, 0.25) is 0 Å². The van der Waals surface area contributed by atoms with E-state index >= 15 is 0 Å². The summed E-state index contributed by atoms with van der Waals surface area (Å²) in [5, 5.41) is 137. The van der Waals surface area contributed by atoms with Crippen LogP contribution < -0.4 is 0 Å². The monoisotopic (exact) mass is 818 g/mol. The Morgan fingerprint density at radius 1 is 0.393 bits per heavy atom. The molecule has 20 atom stereocenters. The molecular weight excluding hydrogens is 752 g/mol. The Kier molecular flexibility index (Phi) is 16.5. The standard InChI is InChI=1S/C36H66O20/c1-17-21(5)33(46,13-38)54-26(29(17)42)10-50-8-23-19(3)31(44)28(56-35(23,48)15-40)12-52-9-24-20(4)32(45)27(55-36(24,49)16-41)11-51-7-22-18(2)30(43)25(6-37)53-34(22,47)14-39/h17-32,37-49H,6-16H2,1-5H3/t17-,18-,19-,20-,21+,22+,23+,24+,25-,26-,27-,28-,29?,30?,31?,32?,33?,34?,35?,36?/m1/s1. The first kappa shape index (κ1) is 47.9. The molecule has 0 aromatic heterocycles. The van der Waals surface area contributed by atoms with Gasteiger partial charge < -0.3 is 99.5 Å². The quantitative estimate of drug-likeness (QED) is 0.0652. The first-order valence-corrected chi connectivity index (χ1v) is 19.3. The van der Waals surface area contributed by atoms with Crippen molar-refractivity contribution in [2.24, 2.45) is 47.3 Å². The Hall–Kier alpha value is -0.800. The molecular formula is C36H66O20. The van der Waals surface area contributed by atoms with E-state index in [0.717, 1.165) is 0 Å². The zero-order valence-corrected chi connectivity index (χ0v) is 32.7. The van der Waals surface area contributed by atoms with Crippen LogP contribution in [0.5, 0.6) is 0 Å². The molecule has 13 N–H and O–H groups in total. The average Bonchev–Trinajstić information content (AvgIpc) is 3.18. The van der Waals surface area contributed by atoms with Crippen LogP contribution in [0, 0.1) is 47.3 Å². The van der Waals surface area contributed by atoms with Crippen LogP contribution >= 0.6 is 0 Å². The van der Waals surface area contributed by atoms with E-state index in [1.165, 1.54) is 0 Å². The molecule has 0 spiro atoms. The lowest BCUT2D eigenvalue weighted by atomic mass is 9.78. The van der Waals surface area contributed by atoms with Crippen LogP contribution in [0.3, 0.4) is 0 Å². The number of hydrogen-bond donors (Lipinski definition) is 13. The van der Waals surface area contributed by atoms with E-state index in [1.807, 2.05) is 0 Å². The van der Waals surface area contributed by atoms with Crippen LogP contribution in [0.4, 0.5) is 0 Å². The summed E-state index contributed by atoms with van der Waals surface area (Å²) in [4.78, 5) is 0. The number of ether oxygens (including phenoxy) is 7. The smallest absolute Gasteiger partial charge is 0.195 e. The van der Waals surface area contributed by atoms with Crippen molar-refractivity contribution in [3.05, 3.63) is 0 Å². The van der Waals surface area contributed by atoms with Crippen molar-refractivity contribution in [1.82, 2.24) is 0 Å². The fourth-order valence-corrected chi connectivity index (χ4v) is 8.67. The summed E-state index contributed by atoms with van der Waals surface area (Å²) in [7, 11) is 0. The van der Waals surface area contributed by atoms with Crippen molar-refractivity contribution in [2.45, 2.75) is 107 Å². The second-order valence-corrected chi connectivity index (χ2v) is 16.4. The number of aliphatic hydroxyl groups excluding tert-OH is 9. The fraction of sp³-hybridized carbons (Fsp3) is 1.00. The molecule has 0 aliphatic carbocycles. The normalized spacial score (nSPS) is 50.2. The highest BCUT2D eigenvalue weighted by Gasteiger charge is 2.56. The van der Waals surface area contributed by atoms with E-state index in [-0.39, 0.29) is 39.6 Å². The van der Waals surface area contributed by atoms with E-state index in [4.69, 9.17) is 33.2 Å². The molecule has 20 nitrogen and oxygen atoms in total. The summed E-state index contributed by atoms with van der Waals surface area (Å²) in [6.45, 7) is 2.38. The molecule has 4 aliphatic heterocycles. The Morgan fingerprint density at radius 3 is 0.964 bits per heavy atom. The lowest BCUT2D eigenvalue weighted by Gasteiger charge is -2.50. The van der Waals surface area contributed by atoms with Crippen LogP contribution in [-0.2, 0) is 33.2 Å². The van der Waals surface area contributed by atoms with Crippen LogP contribution in [-0.4, -0.2) is 211 Å². The third kappa shape index (κ3) is 9.55. The average molecular weight is 819 g/mol. The Bertz CT molecular complexity index is 1220. The van der Waals surface area contributed by atoms with Gasteiger partial charge in [-0.05, 0) is 23.7 Å². The van der Waals surface area contributed by atoms with E-state index < -0.39 is 152 Å². The van der Waals surface area contributed by atoms with E-state index in [9.17, 15) is 66.4 Å². The highest BCUT2D eigenvalue weighted by molar-refractivity contribution is 4.98.